The summed E-state index contributed by atoms with van der Waals surface area (Å²) in [6.07, 6.45) is 8.18. The van der Waals surface area contributed by atoms with Crippen LogP contribution < -0.4 is 5.73 Å². The minimum Gasteiger partial charge on any atom is -0.329 e. The quantitative estimate of drug-likeness (QED) is 0.835. The number of likely N-dealkylation sites (tertiary alicyclic amines) is 1. The zero-order valence-electron chi connectivity index (χ0n) is 12.6. The Morgan fingerprint density at radius 2 is 1.67 bits per heavy atom. The van der Waals surface area contributed by atoms with E-state index >= 15 is 0 Å². The Morgan fingerprint density at radius 1 is 1.11 bits per heavy atom. The molecule has 2 fully saturated rings. The highest BCUT2D eigenvalue weighted by molar-refractivity contribution is 4.98. The van der Waals surface area contributed by atoms with Gasteiger partial charge in [0, 0.05) is 12.1 Å². The Balaban J connectivity index is 2.03. The average molecular weight is 252 g/mol. The standard InChI is InChI=1S/C16H32N2/c1-4-15-5-7-18(8-6-15)16(12-17)10-13(2)9-14(3)11-16/h13-15H,4-12,17H2,1-3H3. The molecule has 2 heteroatoms. The van der Waals surface area contributed by atoms with Gasteiger partial charge in [-0.25, -0.2) is 0 Å². The first kappa shape index (κ1) is 14.3. The van der Waals surface area contributed by atoms with E-state index in [1.165, 1.54) is 51.6 Å². The molecule has 1 saturated heterocycles. The number of piperidine rings is 1. The van der Waals surface area contributed by atoms with Crippen LogP contribution in [0.15, 0.2) is 0 Å². The molecule has 2 unspecified atom stereocenters. The average Bonchev–Trinajstić information content (AvgIpc) is 2.37. The van der Waals surface area contributed by atoms with Gasteiger partial charge >= 0.3 is 0 Å². The van der Waals surface area contributed by atoms with Crippen molar-refractivity contribution >= 4 is 0 Å². The Bertz CT molecular complexity index is 246. The van der Waals surface area contributed by atoms with Crippen LogP contribution in [-0.4, -0.2) is 30.1 Å². The Kier molecular flexibility index (Phi) is 4.71. The number of rotatable bonds is 3. The maximum absolute atomic E-state index is 6.22. The summed E-state index contributed by atoms with van der Waals surface area (Å²) in [5.41, 5.74) is 6.55. The molecular formula is C16H32N2. The number of nitrogens with zero attached hydrogens (tertiary/aromatic N) is 1. The molecule has 0 amide bonds. The third-order valence-corrected chi connectivity index (χ3v) is 5.50. The van der Waals surface area contributed by atoms with Crippen LogP contribution in [0.3, 0.4) is 0 Å². The van der Waals surface area contributed by atoms with E-state index < -0.39 is 0 Å². The Labute approximate surface area is 113 Å². The lowest BCUT2D eigenvalue weighted by Crippen LogP contribution is -2.59. The van der Waals surface area contributed by atoms with E-state index in [4.69, 9.17) is 5.73 Å². The van der Waals surface area contributed by atoms with Crippen LogP contribution in [0.25, 0.3) is 0 Å². The van der Waals surface area contributed by atoms with E-state index in [2.05, 4.69) is 25.7 Å². The summed E-state index contributed by atoms with van der Waals surface area (Å²) >= 11 is 0. The second-order valence-corrected chi connectivity index (χ2v) is 7.12. The summed E-state index contributed by atoms with van der Waals surface area (Å²) in [4.78, 5) is 2.76. The maximum Gasteiger partial charge on any atom is 0.0336 e. The lowest BCUT2D eigenvalue weighted by atomic mass is 9.70. The van der Waals surface area contributed by atoms with Crippen molar-refractivity contribution in [2.75, 3.05) is 19.6 Å². The van der Waals surface area contributed by atoms with Gasteiger partial charge in [-0.1, -0.05) is 27.2 Å². The zero-order valence-corrected chi connectivity index (χ0v) is 12.6. The number of nitrogens with two attached hydrogens (primary N) is 1. The smallest absolute Gasteiger partial charge is 0.0336 e. The van der Waals surface area contributed by atoms with Gasteiger partial charge in [-0.2, -0.15) is 0 Å². The van der Waals surface area contributed by atoms with Gasteiger partial charge in [-0.05, 0) is 62.9 Å². The molecule has 2 nitrogen and oxygen atoms in total. The van der Waals surface area contributed by atoms with Crippen molar-refractivity contribution in [1.82, 2.24) is 4.90 Å². The molecule has 0 aromatic heterocycles. The monoisotopic (exact) mass is 252 g/mol. The molecule has 0 spiro atoms. The summed E-state index contributed by atoms with van der Waals surface area (Å²) in [6, 6.07) is 0. The van der Waals surface area contributed by atoms with Crippen LogP contribution >= 0.6 is 0 Å². The van der Waals surface area contributed by atoms with E-state index in [9.17, 15) is 0 Å². The minimum atomic E-state index is 0.329. The number of hydrogen-bond donors (Lipinski definition) is 1. The molecule has 1 heterocycles. The summed E-state index contributed by atoms with van der Waals surface area (Å²) < 4.78 is 0. The van der Waals surface area contributed by atoms with Gasteiger partial charge in [0.1, 0.15) is 0 Å². The normalized spacial score (nSPS) is 40.0. The van der Waals surface area contributed by atoms with E-state index in [-0.39, 0.29) is 0 Å². The van der Waals surface area contributed by atoms with Gasteiger partial charge in [0.05, 0.1) is 0 Å². The molecule has 0 aromatic carbocycles. The van der Waals surface area contributed by atoms with Crippen molar-refractivity contribution in [2.24, 2.45) is 23.5 Å². The first-order valence-corrected chi connectivity index (χ1v) is 8.04. The first-order chi connectivity index (χ1) is 8.59. The Hall–Kier alpha value is -0.0800. The number of hydrogen-bond acceptors (Lipinski definition) is 2. The molecule has 0 aromatic rings. The highest BCUT2D eigenvalue weighted by atomic mass is 15.2. The predicted molar refractivity (Wildman–Crippen MR) is 78.6 cm³/mol. The largest absolute Gasteiger partial charge is 0.329 e. The fourth-order valence-corrected chi connectivity index (χ4v) is 4.60. The molecular weight excluding hydrogens is 220 g/mol. The third-order valence-electron chi connectivity index (χ3n) is 5.50. The Morgan fingerprint density at radius 3 is 2.11 bits per heavy atom. The van der Waals surface area contributed by atoms with E-state index in [0.717, 1.165) is 24.3 Å². The molecule has 2 aliphatic rings. The molecule has 0 bridgehead atoms. The highest BCUT2D eigenvalue weighted by Crippen LogP contribution is 2.41. The van der Waals surface area contributed by atoms with Gasteiger partial charge < -0.3 is 5.73 Å². The molecule has 1 saturated carbocycles. The maximum atomic E-state index is 6.22. The molecule has 2 N–H and O–H groups in total. The van der Waals surface area contributed by atoms with Crippen molar-refractivity contribution < 1.29 is 0 Å². The summed E-state index contributed by atoms with van der Waals surface area (Å²) in [5, 5.41) is 0. The van der Waals surface area contributed by atoms with Gasteiger partial charge in [-0.3, -0.25) is 4.90 Å². The van der Waals surface area contributed by atoms with Crippen LogP contribution in [0.4, 0.5) is 0 Å². The van der Waals surface area contributed by atoms with Gasteiger partial charge in [-0.15, -0.1) is 0 Å². The van der Waals surface area contributed by atoms with Crippen LogP contribution in [-0.2, 0) is 0 Å². The predicted octanol–water partition coefficient (Wildman–Crippen LogP) is 3.26. The second-order valence-electron chi connectivity index (χ2n) is 7.12. The zero-order chi connectivity index (χ0) is 13.2. The molecule has 2 rings (SSSR count). The van der Waals surface area contributed by atoms with Crippen LogP contribution in [0.2, 0.25) is 0 Å². The minimum absolute atomic E-state index is 0.329. The van der Waals surface area contributed by atoms with Gasteiger partial charge in [0.25, 0.3) is 0 Å². The second kappa shape index (κ2) is 5.92. The molecule has 1 aliphatic carbocycles. The lowest BCUT2D eigenvalue weighted by Gasteiger charge is -2.51. The SMILES string of the molecule is CCC1CCN(C2(CN)CC(C)CC(C)C2)CC1. The van der Waals surface area contributed by atoms with Crippen LogP contribution in [0.5, 0.6) is 0 Å². The fourth-order valence-electron chi connectivity index (χ4n) is 4.60. The van der Waals surface area contributed by atoms with Crippen LogP contribution in [0.1, 0.15) is 59.3 Å². The van der Waals surface area contributed by atoms with Crippen molar-refractivity contribution in [3.8, 4) is 0 Å². The van der Waals surface area contributed by atoms with Crippen LogP contribution in [0, 0.1) is 17.8 Å². The summed E-state index contributed by atoms with van der Waals surface area (Å²) in [5.74, 6) is 2.66. The van der Waals surface area contributed by atoms with Crippen molar-refractivity contribution in [1.29, 1.82) is 0 Å². The molecule has 0 radical (unpaired) electrons. The highest BCUT2D eigenvalue weighted by Gasteiger charge is 2.42. The fraction of sp³-hybridized carbons (Fsp3) is 1.00. The first-order valence-electron chi connectivity index (χ1n) is 8.04. The molecule has 106 valence electrons. The summed E-state index contributed by atoms with van der Waals surface area (Å²) in [7, 11) is 0. The van der Waals surface area contributed by atoms with Gasteiger partial charge in [0.2, 0.25) is 0 Å². The molecule has 18 heavy (non-hydrogen) atoms. The molecule has 2 atom stereocenters. The van der Waals surface area contributed by atoms with E-state index in [1.807, 2.05) is 0 Å². The van der Waals surface area contributed by atoms with E-state index in [0.29, 0.717) is 5.54 Å². The molecule has 1 aliphatic heterocycles. The third kappa shape index (κ3) is 2.91. The van der Waals surface area contributed by atoms with Crippen molar-refractivity contribution in [3.05, 3.63) is 0 Å². The van der Waals surface area contributed by atoms with Crippen molar-refractivity contribution in [3.63, 3.8) is 0 Å². The van der Waals surface area contributed by atoms with Gasteiger partial charge in [0.15, 0.2) is 0 Å². The topological polar surface area (TPSA) is 29.3 Å². The van der Waals surface area contributed by atoms with E-state index in [1.54, 1.807) is 0 Å². The van der Waals surface area contributed by atoms with Crippen molar-refractivity contribution in [2.45, 2.75) is 64.8 Å². The summed E-state index contributed by atoms with van der Waals surface area (Å²) in [6.45, 7) is 10.6. The lowest BCUT2D eigenvalue weighted by molar-refractivity contribution is -0.00337.